The second kappa shape index (κ2) is 7.79. The standard InChI is InChI=1S/C16H24N4O2/c1-19(13-5-3-2-4-6-13)14-7-9-20(10-8-14)16(22)12-18-15(21)11-17/h2-6,14H,7-12,17H2,1H3,(H,18,21). The number of nitrogens with zero attached hydrogens (tertiary/aromatic N) is 2. The summed E-state index contributed by atoms with van der Waals surface area (Å²) in [7, 11) is 2.10. The Morgan fingerprint density at radius 2 is 1.91 bits per heavy atom. The number of rotatable bonds is 5. The first-order valence-electron chi connectivity index (χ1n) is 7.64. The van der Waals surface area contributed by atoms with Gasteiger partial charge in [-0.3, -0.25) is 9.59 Å². The Kier molecular flexibility index (Phi) is 5.77. The SMILES string of the molecule is CN(c1ccccc1)C1CCN(C(=O)CNC(=O)CN)CC1. The van der Waals surface area contributed by atoms with Crippen molar-refractivity contribution >= 4 is 17.5 Å². The topological polar surface area (TPSA) is 78.7 Å². The van der Waals surface area contributed by atoms with E-state index in [1.807, 2.05) is 23.1 Å². The van der Waals surface area contributed by atoms with Gasteiger partial charge in [0, 0.05) is 31.9 Å². The maximum Gasteiger partial charge on any atom is 0.241 e. The Hall–Kier alpha value is -2.08. The molecule has 2 amide bonds. The summed E-state index contributed by atoms with van der Waals surface area (Å²) in [6.07, 6.45) is 1.87. The highest BCUT2D eigenvalue weighted by Gasteiger charge is 2.25. The second-order valence-corrected chi connectivity index (χ2v) is 5.54. The normalized spacial score (nSPS) is 15.5. The van der Waals surface area contributed by atoms with Crippen molar-refractivity contribution in [2.75, 3.05) is 38.1 Å². The molecule has 1 saturated heterocycles. The maximum atomic E-state index is 12.0. The molecular weight excluding hydrogens is 280 g/mol. The fourth-order valence-corrected chi connectivity index (χ4v) is 2.73. The number of anilines is 1. The van der Waals surface area contributed by atoms with E-state index in [9.17, 15) is 9.59 Å². The highest BCUT2D eigenvalue weighted by molar-refractivity contribution is 5.85. The summed E-state index contributed by atoms with van der Waals surface area (Å²) in [6, 6.07) is 10.7. The Bertz CT molecular complexity index is 498. The van der Waals surface area contributed by atoms with Crippen LogP contribution in [0.3, 0.4) is 0 Å². The predicted octanol–water partition coefficient (Wildman–Crippen LogP) is 0.189. The molecule has 0 aliphatic carbocycles. The third kappa shape index (κ3) is 4.21. The van der Waals surface area contributed by atoms with Crippen LogP contribution in [0.25, 0.3) is 0 Å². The van der Waals surface area contributed by atoms with Crippen molar-refractivity contribution in [2.45, 2.75) is 18.9 Å². The van der Waals surface area contributed by atoms with E-state index in [1.165, 1.54) is 5.69 Å². The molecule has 2 rings (SSSR count). The van der Waals surface area contributed by atoms with Gasteiger partial charge in [0.2, 0.25) is 11.8 Å². The van der Waals surface area contributed by atoms with E-state index < -0.39 is 0 Å². The van der Waals surface area contributed by atoms with Crippen molar-refractivity contribution in [3.05, 3.63) is 30.3 Å². The first-order chi connectivity index (χ1) is 10.6. The van der Waals surface area contributed by atoms with Gasteiger partial charge in [-0.2, -0.15) is 0 Å². The number of carbonyl (C=O) groups excluding carboxylic acids is 2. The molecule has 22 heavy (non-hydrogen) atoms. The molecule has 0 bridgehead atoms. The lowest BCUT2D eigenvalue weighted by Crippen LogP contribution is -2.48. The fraction of sp³-hybridized carbons (Fsp3) is 0.500. The Labute approximate surface area is 131 Å². The Morgan fingerprint density at radius 1 is 1.27 bits per heavy atom. The van der Waals surface area contributed by atoms with E-state index in [0.717, 1.165) is 25.9 Å². The number of likely N-dealkylation sites (tertiary alicyclic amines) is 1. The molecule has 0 radical (unpaired) electrons. The van der Waals surface area contributed by atoms with Crippen LogP contribution >= 0.6 is 0 Å². The summed E-state index contributed by atoms with van der Waals surface area (Å²) < 4.78 is 0. The third-order valence-electron chi connectivity index (χ3n) is 4.15. The van der Waals surface area contributed by atoms with Crippen LogP contribution in [0.2, 0.25) is 0 Å². The van der Waals surface area contributed by atoms with Gasteiger partial charge in [-0.15, -0.1) is 0 Å². The molecule has 0 atom stereocenters. The number of amides is 2. The van der Waals surface area contributed by atoms with Gasteiger partial charge in [-0.1, -0.05) is 18.2 Å². The van der Waals surface area contributed by atoms with E-state index in [4.69, 9.17) is 5.73 Å². The number of para-hydroxylation sites is 1. The van der Waals surface area contributed by atoms with Crippen LogP contribution in [0.5, 0.6) is 0 Å². The number of hydrogen-bond acceptors (Lipinski definition) is 4. The van der Waals surface area contributed by atoms with Crippen LogP contribution in [-0.4, -0.2) is 56.0 Å². The van der Waals surface area contributed by atoms with E-state index in [-0.39, 0.29) is 24.9 Å². The number of benzene rings is 1. The largest absolute Gasteiger partial charge is 0.371 e. The molecule has 0 saturated carbocycles. The lowest BCUT2D eigenvalue weighted by molar-refractivity contribution is -0.133. The molecule has 0 unspecified atom stereocenters. The summed E-state index contributed by atoms with van der Waals surface area (Å²) in [4.78, 5) is 27.2. The molecule has 1 aromatic rings. The van der Waals surface area contributed by atoms with Crippen molar-refractivity contribution < 1.29 is 9.59 Å². The Morgan fingerprint density at radius 3 is 2.50 bits per heavy atom. The van der Waals surface area contributed by atoms with Crippen LogP contribution < -0.4 is 16.0 Å². The quantitative estimate of drug-likeness (QED) is 0.814. The lowest BCUT2D eigenvalue weighted by Gasteiger charge is -2.37. The molecule has 6 heteroatoms. The molecule has 3 N–H and O–H groups in total. The highest BCUT2D eigenvalue weighted by atomic mass is 16.2. The van der Waals surface area contributed by atoms with Crippen LogP contribution in [-0.2, 0) is 9.59 Å². The van der Waals surface area contributed by atoms with Crippen LogP contribution in [0.1, 0.15) is 12.8 Å². The molecular formula is C16H24N4O2. The number of hydrogen-bond donors (Lipinski definition) is 2. The third-order valence-corrected chi connectivity index (χ3v) is 4.15. The minimum Gasteiger partial charge on any atom is -0.371 e. The average molecular weight is 304 g/mol. The van der Waals surface area contributed by atoms with Gasteiger partial charge in [-0.25, -0.2) is 0 Å². The highest BCUT2D eigenvalue weighted by Crippen LogP contribution is 2.21. The van der Waals surface area contributed by atoms with Crippen molar-refractivity contribution in [3.63, 3.8) is 0 Å². The number of piperidine rings is 1. The van der Waals surface area contributed by atoms with E-state index in [1.54, 1.807) is 0 Å². The molecule has 1 aromatic carbocycles. The van der Waals surface area contributed by atoms with Crippen LogP contribution in [0.15, 0.2) is 30.3 Å². The molecule has 0 spiro atoms. The van der Waals surface area contributed by atoms with Gasteiger partial charge < -0.3 is 20.9 Å². The zero-order chi connectivity index (χ0) is 15.9. The van der Waals surface area contributed by atoms with Gasteiger partial charge in [0.05, 0.1) is 13.1 Å². The van der Waals surface area contributed by atoms with Crippen molar-refractivity contribution in [1.82, 2.24) is 10.2 Å². The van der Waals surface area contributed by atoms with Gasteiger partial charge in [-0.05, 0) is 25.0 Å². The van der Waals surface area contributed by atoms with E-state index in [2.05, 4.69) is 29.4 Å². The first kappa shape index (κ1) is 16.3. The maximum absolute atomic E-state index is 12.0. The van der Waals surface area contributed by atoms with Crippen molar-refractivity contribution in [1.29, 1.82) is 0 Å². The smallest absolute Gasteiger partial charge is 0.241 e. The van der Waals surface area contributed by atoms with Gasteiger partial charge in [0.1, 0.15) is 0 Å². The summed E-state index contributed by atoms with van der Waals surface area (Å²) in [6.45, 7) is 1.39. The zero-order valence-electron chi connectivity index (χ0n) is 13.0. The summed E-state index contributed by atoms with van der Waals surface area (Å²) >= 11 is 0. The number of nitrogens with two attached hydrogens (primary N) is 1. The predicted molar refractivity (Wildman–Crippen MR) is 86.5 cm³/mol. The molecule has 6 nitrogen and oxygen atoms in total. The molecule has 1 heterocycles. The Balaban J connectivity index is 1.80. The molecule has 120 valence electrons. The molecule has 1 aliphatic heterocycles. The van der Waals surface area contributed by atoms with Crippen molar-refractivity contribution in [2.24, 2.45) is 5.73 Å². The summed E-state index contributed by atoms with van der Waals surface area (Å²) in [5.74, 6) is -0.338. The summed E-state index contributed by atoms with van der Waals surface area (Å²) in [5, 5.41) is 2.52. The van der Waals surface area contributed by atoms with Crippen LogP contribution in [0.4, 0.5) is 5.69 Å². The zero-order valence-corrected chi connectivity index (χ0v) is 13.0. The lowest BCUT2D eigenvalue weighted by atomic mass is 10.0. The second-order valence-electron chi connectivity index (χ2n) is 5.54. The average Bonchev–Trinajstić information content (AvgIpc) is 2.59. The number of carbonyl (C=O) groups is 2. The van der Waals surface area contributed by atoms with E-state index >= 15 is 0 Å². The minimum atomic E-state index is -0.299. The monoisotopic (exact) mass is 304 g/mol. The van der Waals surface area contributed by atoms with Gasteiger partial charge >= 0.3 is 0 Å². The van der Waals surface area contributed by atoms with Crippen molar-refractivity contribution in [3.8, 4) is 0 Å². The van der Waals surface area contributed by atoms with Gasteiger partial charge in [0.25, 0.3) is 0 Å². The molecule has 1 aliphatic rings. The molecule has 0 aromatic heterocycles. The minimum absolute atomic E-state index is 0.0369. The molecule has 1 fully saturated rings. The first-order valence-corrected chi connectivity index (χ1v) is 7.64. The van der Waals surface area contributed by atoms with Gasteiger partial charge in [0.15, 0.2) is 0 Å². The number of nitrogens with one attached hydrogen (secondary N) is 1. The fourth-order valence-electron chi connectivity index (χ4n) is 2.73. The summed E-state index contributed by atoms with van der Waals surface area (Å²) in [5.41, 5.74) is 6.40. The van der Waals surface area contributed by atoms with Crippen LogP contribution in [0, 0.1) is 0 Å². The van der Waals surface area contributed by atoms with E-state index in [0.29, 0.717) is 6.04 Å².